The Bertz CT molecular complexity index is 775. The van der Waals surface area contributed by atoms with Crippen LogP contribution in [0.1, 0.15) is 29.6 Å². The van der Waals surface area contributed by atoms with Gasteiger partial charge < -0.3 is 24.7 Å². The first-order valence-corrected chi connectivity index (χ1v) is 9.74. The first kappa shape index (κ1) is 21.6. The number of thiazole rings is 1. The summed E-state index contributed by atoms with van der Waals surface area (Å²) in [6.07, 6.45) is 2.24. The summed E-state index contributed by atoms with van der Waals surface area (Å²) >= 11 is 1.23. The first-order chi connectivity index (χ1) is 13.5. The van der Waals surface area contributed by atoms with Crippen molar-refractivity contribution in [2.45, 2.75) is 19.8 Å². The number of furan rings is 1. The molecular formula is C18H24N4O5S. The van der Waals surface area contributed by atoms with Crippen molar-refractivity contribution < 1.29 is 23.5 Å². The van der Waals surface area contributed by atoms with Gasteiger partial charge in [-0.15, -0.1) is 11.3 Å². The fraction of sp³-hybridized carbons (Fsp3) is 0.444. The van der Waals surface area contributed by atoms with E-state index in [4.69, 9.17) is 9.15 Å². The molecule has 0 atom stereocenters. The standard InChI is InChI=1S/C18H24N4O5S/c1-3-7-22(17(25)14-5-4-8-27-14)11-16(24)21-18-20-13(12-28-18)10-15(23)19-6-9-26-2/h4-5,8,12H,3,6-7,9-11H2,1-2H3,(H,19,23)(H,20,21,24). The van der Waals surface area contributed by atoms with Crippen LogP contribution < -0.4 is 10.6 Å². The number of nitrogens with zero attached hydrogens (tertiary/aromatic N) is 2. The number of rotatable bonds is 11. The van der Waals surface area contributed by atoms with Gasteiger partial charge >= 0.3 is 0 Å². The lowest BCUT2D eigenvalue weighted by molar-refractivity contribution is -0.120. The summed E-state index contributed by atoms with van der Waals surface area (Å²) in [4.78, 5) is 42.2. The van der Waals surface area contributed by atoms with Gasteiger partial charge in [-0.1, -0.05) is 6.92 Å². The summed E-state index contributed by atoms with van der Waals surface area (Å²) < 4.78 is 9.99. The number of methoxy groups -OCH3 is 1. The Hall–Kier alpha value is -2.72. The quantitative estimate of drug-likeness (QED) is 0.545. The van der Waals surface area contributed by atoms with Gasteiger partial charge in [0.25, 0.3) is 5.91 Å². The molecule has 0 aliphatic heterocycles. The maximum absolute atomic E-state index is 12.4. The number of ether oxygens (including phenoxy) is 1. The van der Waals surface area contributed by atoms with E-state index in [-0.39, 0.29) is 36.4 Å². The number of nitrogens with one attached hydrogen (secondary N) is 2. The molecule has 9 nitrogen and oxygen atoms in total. The number of hydrogen-bond acceptors (Lipinski definition) is 7. The molecule has 0 fully saturated rings. The van der Waals surface area contributed by atoms with Crippen LogP contribution in [0.2, 0.25) is 0 Å². The van der Waals surface area contributed by atoms with Gasteiger partial charge in [0.2, 0.25) is 11.8 Å². The maximum Gasteiger partial charge on any atom is 0.290 e. The predicted octanol–water partition coefficient (Wildman–Crippen LogP) is 1.53. The Kier molecular flexibility index (Phi) is 8.63. The number of amides is 3. The van der Waals surface area contributed by atoms with E-state index in [1.54, 1.807) is 24.6 Å². The summed E-state index contributed by atoms with van der Waals surface area (Å²) in [7, 11) is 1.56. The molecule has 2 rings (SSSR count). The molecule has 0 aromatic carbocycles. The molecule has 28 heavy (non-hydrogen) atoms. The highest BCUT2D eigenvalue weighted by atomic mass is 32.1. The molecule has 152 valence electrons. The molecule has 0 saturated heterocycles. The second-order valence-electron chi connectivity index (χ2n) is 5.92. The SMILES string of the molecule is CCCN(CC(=O)Nc1nc(CC(=O)NCCOC)cs1)C(=O)c1ccco1. The number of hydrogen-bond donors (Lipinski definition) is 2. The van der Waals surface area contributed by atoms with Gasteiger partial charge in [0.1, 0.15) is 6.54 Å². The molecule has 0 bridgehead atoms. The topological polar surface area (TPSA) is 114 Å². The summed E-state index contributed by atoms with van der Waals surface area (Å²) in [5.41, 5.74) is 0.562. The van der Waals surface area contributed by atoms with Crippen molar-refractivity contribution >= 4 is 34.2 Å². The molecule has 2 N–H and O–H groups in total. The van der Waals surface area contributed by atoms with Gasteiger partial charge in [0.15, 0.2) is 10.9 Å². The summed E-state index contributed by atoms with van der Waals surface area (Å²) in [6.45, 7) is 3.11. The van der Waals surface area contributed by atoms with Crippen LogP contribution in [0.25, 0.3) is 0 Å². The molecule has 0 saturated carbocycles. The zero-order valence-electron chi connectivity index (χ0n) is 15.9. The van der Waals surface area contributed by atoms with Gasteiger partial charge in [-0.2, -0.15) is 0 Å². The zero-order valence-corrected chi connectivity index (χ0v) is 16.7. The van der Waals surface area contributed by atoms with Crippen LogP contribution in [0.15, 0.2) is 28.2 Å². The average Bonchev–Trinajstić information content (AvgIpc) is 3.33. The lowest BCUT2D eigenvalue weighted by Gasteiger charge is -2.20. The number of aromatic nitrogens is 1. The molecular weight excluding hydrogens is 384 g/mol. The Balaban J connectivity index is 1.87. The average molecular weight is 408 g/mol. The minimum atomic E-state index is -0.362. The van der Waals surface area contributed by atoms with Crippen molar-refractivity contribution in [2.75, 3.05) is 38.7 Å². The summed E-state index contributed by atoms with van der Waals surface area (Å²) in [5.74, 6) is -0.677. The Morgan fingerprint density at radius 1 is 1.32 bits per heavy atom. The zero-order chi connectivity index (χ0) is 20.4. The lowest BCUT2D eigenvalue weighted by atomic mass is 10.3. The molecule has 0 radical (unpaired) electrons. The number of anilines is 1. The van der Waals surface area contributed by atoms with Crippen LogP contribution in [0.4, 0.5) is 5.13 Å². The molecule has 0 spiro atoms. The van der Waals surface area contributed by atoms with E-state index in [1.165, 1.54) is 22.5 Å². The van der Waals surface area contributed by atoms with Crippen molar-refractivity contribution in [1.82, 2.24) is 15.2 Å². The van der Waals surface area contributed by atoms with E-state index in [1.807, 2.05) is 6.92 Å². The lowest BCUT2D eigenvalue weighted by Crippen LogP contribution is -2.38. The Morgan fingerprint density at radius 3 is 2.82 bits per heavy atom. The van der Waals surface area contributed by atoms with E-state index >= 15 is 0 Å². The van der Waals surface area contributed by atoms with Crippen molar-refractivity contribution in [3.63, 3.8) is 0 Å². The van der Waals surface area contributed by atoms with Crippen molar-refractivity contribution in [2.24, 2.45) is 0 Å². The fourth-order valence-electron chi connectivity index (χ4n) is 2.38. The van der Waals surface area contributed by atoms with E-state index in [0.29, 0.717) is 36.9 Å². The van der Waals surface area contributed by atoms with Gasteiger partial charge in [0, 0.05) is 25.6 Å². The van der Waals surface area contributed by atoms with Gasteiger partial charge in [0.05, 0.1) is 25.0 Å². The molecule has 0 unspecified atom stereocenters. The summed E-state index contributed by atoms with van der Waals surface area (Å²) in [6, 6.07) is 3.19. The van der Waals surface area contributed by atoms with E-state index < -0.39 is 0 Å². The van der Waals surface area contributed by atoms with Crippen LogP contribution in [0, 0.1) is 0 Å². The second kappa shape index (κ2) is 11.2. The highest BCUT2D eigenvalue weighted by Crippen LogP contribution is 2.16. The number of carbonyl (C=O) groups excluding carboxylic acids is 3. The largest absolute Gasteiger partial charge is 0.459 e. The molecule has 0 aliphatic carbocycles. The van der Waals surface area contributed by atoms with Crippen molar-refractivity contribution in [3.05, 3.63) is 35.2 Å². The van der Waals surface area contributed by atoms with Gasteiger partial charge in [-0.05, 0) is 18.6 Å². The van der Waals surface area contributed by atoms with E-state index in [0.717, 1.165) is 0 Å². The fourth-order valence-corrected chi connectivity index (χ4v) is 3.10. The normalized spacial score (nSPS) is 10.5. The minimum absolute atomic E-state index is 0.111. The van der Waals surface area contributed by atoms with Crippen LogP contribution >= 0.6 is 11.3 Å². The van der Waals surface area contributed by atoms with E-state index in [9.17, 15) is 14.4 Å². The van der Waals surface area contributed by atoms with Crippen LogP contribution in [0.5, 0.6) is 0 Å². The predicted molar refractivity (Wildman–Crippen MR) is 104 cm³/mol. The van der Waals surface area contributed by atoms with Crippen LogP contribution in [0.3, 0.4) is 0 Å². The third-order valence-corrected chi connectivity index (χ3v) is 4.42. The smallest absolute Gasteiger partial charge is 0.290 e. The Morgan fingerprint density at radius 2 is 2.14 bits per heavy atom. The molecule has 2 aromatic heterocycles. The van der Waals surface area contributed by atoms with Gasteiger partial charge in [-0.25, -0.2) is 4.98 Å². The molecule has 2 heterocycles. The van der Waals surface area contributed by atoms with Crippen LogP contribution in [-0.2, 0) is 20.7 Å². The third kappa shape index (κ3) is 6.78. The van der Waals surface area contributed by atoms with Crippen molar-refractivity contribution in [1.29, 1.82) is 0 Å². The molecule has 10 heteroatoms. The molecule has 0 aliphatic rings. The highest BCUT2D eigenvalue weighted by molar-refractivity contribution is 7.13. The van der Waals surface area contributed by atoms with Crippen LogP contribution in [-0.4, -0.2) is 61.0 Å². The Labute approximate surface area is 167 Å². The van der Waals surface area contributed by atoms with Gasteiger partial charge in [-0.3, -0.25) is 14.4 Å². The van der Waals surface area contributed by atoms with Crippen molar-refractivity contribution in [3.8, 4) is 0 Å². The second-order valence-corrected chi connectivity index (χ2v) is 6.77. The molecule has 2 aromatic rings. The molecule has 3 amide bonds. The monoisotopic (exact) mass is 408 g/mol. The first-order valence-electron chi connectivity index (χ1n) is 8.86. The highest BCUT2D eigenvalue weighted by Gasteiger charge is 2.21. The maximum atomic E-state index is 12.4. The third-order valence-electron chi connectivity index (χ3n) is 3.62. The van der Waals surface area contributed by atoms with E-state index in [2.05, 4.69) is 15.6 Å². The summed E-state index contributed by atoms with van der Waals surface area (Å²) in [5, 5.41) is 7.47. The minimum Gasteiger partial charge on any atom is -0.459 e. The number of carbonyl (C=O) groups is 3.